The molecular formula is C14H17ClN2S. The number of nitrogens with two attached hydrogens (primary N) is 1. The second-order valence-electron chi connectivity index (χ2n) is 4.52. The van der Waals surface area contributed by atoms with Gasteiger partial charge in [0.2, 0.25) is 0 Å². The number of rotatable bonds is 5. The van der Waals surface area contributed by atoms with Crippen LogP contribution < -0.4 is 5.73 Å². The zero-order valence-electron chi connectivity index (χ0n) is 10.4. The molecule has 2 nitrogen and oxygen atoms in total. The third-order valence-electron chi connectivity index (χ3n) is 2.90. The van der Waals surface area contributed by atoms with Crippen molar-refractivity contribution in [1.82, 2.24) is 4.98 Å². The Balaban J connectivity index is 1.99. The molecule has 0 saturated carbocycles. The maximum absolute atomic E-state index is 5.88. The van der Waals surface area contributed by atoms with Crippen molar-refractivity contribution in [2.45, 2.75) is 19.8 Å². The molecule has 4 heteroatoms. The average Bonchev–Trinajstić information content (AvgIpc) is 2.77. The molecule has 0 radical (unpaired) electrons. The van der Waals surface area contributed by atoms with Crippen LogP contribution in [0.25, 0.3) is 0 Å². The number of halogens is 1. The van der Waals surface area contributed by atoms with Gasteiger partial charge in [-0.1, -0.05) is 23.7 Å². The number of aromatic nitrogens is 1. The highest BCUT2D eigenvalue weighted by Crippen LogP contribution is 2.18. The number of hydrogen-bond acceptors (Lipinski definition) is 3. The van der Waals surface area contributed by atoms with Gasteiger partial charge >= 0.3 is 0 Å². The molecule has 0 aliphatic heterocycles. The van der Waals surface area contributed by atoms with Crippen molar-refractivity contribution in [2.75, 3.05) is 6.54 Å². The van der Waals surface area contributed by atoms with Gasteiger partial charge in [-0.3, -0.25) is 0 Å². The summed E-state index contributed by atoms with van der Waals surface area (Å²) in [6.07, 6.45) is 1.93. The van der Waals surface area contributed by atoms with E-state index in [0.717, 1.165) is 23.6 Å². The summed E-state index contributed by atoms with van der Waals surface area (Å²) in [4.78, 5) is 4.50. The summed E-state index contributed by atoms with van der Waals surface area (Å²) in [5, 5.41) is 4.04. The fourth-order valence-electron chi connectivity index (χ4n) is 1.94. The Bertz CT molecular complexity index is 493. The van der Waals surface area contributed by atoms with E-state index in [-0.39, 0.29) is 0 Å². The van der Waals surface area contributed by atoms with Crippen LogP contribution in [-0.2, 0) is 12.8 Å². The van der Waals surface area contributed by atoms with Gasteiger partial charge in [-0.2, -0.15) is 0 Å². The van der Waals surface area contributed by atoms with Gasteiger partial charge in [0, 0.05) is 22.5 Å². The Kier molecular flexibility index (Phi) is 4.75. The van der Waals surface area contributed by atoms with Crippen LogP contribution in [0.5, 0.6) is 0 Å². The molecule has 0 saturated heterocycles. The normalized spacial score (nSPS) is 12.6. The van der Waals surface area contributed by atoms with E-state index in [2.05, 4.69) is 22.5 Å². The van der Waals surface area contributed by atoms with Crippen LogP contribution in [0.4, 0.5) is 0 Å². The minimum absolute atomic E-state index is 0.441. The van der Waals surface area contributed by atoms with Crippen molar-refractivity contribution in [3.8, 4) is 0 Å². The highest BCUT2D eigenvalue weighted by molar-refractivity contribution is 7.09. The van der Waals surface area contributed by atoms with Gasteiger partial charge < -0.3 is 5.73 Å². The van der Waals surface area contributed by atoms with Crippen LogP contribution >= 0.6 is 22.9 Å². The number of hydrogen-bond donors (Lipinski definition) is 1. The van der Waals surface area contributed by atoms with Gasteiger partial charge in [-0.25, -0.2) is 4.98 Å². The molecule has 1 aromatic carbocycles. The Labute approximate surface area is 117 Å². The van der Waals surface area contributed by atoms with E-state index in [1.165, 1.54) is 10.6 Å². The lowest BCUT2D eigenvalue weighted by Gasteiger charge is -2.13. The zero-order valence-corrected chi connectivity index (χ0v) is 12.0. The molecular weight excluding hydrogens is 264 g/mol. The number of aryl methyl sites for hydroxylation is 1. The van der Waals surface area contributed by atoms with E-state index in [4.69, 9.17) is 17.3 Å². The topological polar surface area (TPSA) is 38.9 Å². The van der Waals surface area contributed by atoms with E-state index >= 15 is 0 Å². The fourth-order valence-corrected chi connectivity index (χ4v) is 2.95. The molecule has 2 N–H and O–H groups in total. The third kappa shape index (κ3) is 3.80. The Morgan fingerprint density at radius 2 is 2.00 bits per heavy atom. The summed E-state index contributed by atoms with van der Waals surface area (Å²) in [6.45, 7) is 2.71. The van der Waals surface area contributed by atoms with Crippen LogP contribution in [0, 0.1) is 12.8 Å². The summed E-state index contributed by atoms with van der Waals surface area (Å²) >= 11 is 7.60. The predicted octanol–water partition coefficient (Wildman–Crippen LogP) is 3.47. The first kappa shape index (κ1) is 13.5. The highest BCUT2D eigenvalue weighted by Gasteiger charge is 2.11. The summed E-state index contributed by atoms with van der Waals surface area (Å²) in [5.41, 5.74) is 8.23. The molecule has 0 fully saturated rings. The maximum atomic E-state index is 5.88. The first-order valence-corrected chi connectivity index (χ1v) is 7.28. The zero-order chi connectivity index (χ0) is 13.0. The van der Waals surface area contributed by atoms with E-state index in [9.17, 15) is 0 Å². The standard InChI is InChI=1S/C14H17ClN2S/c1-10-9-18-14(17-10)7-12(8-16)6-11-2-4-13(15)5-3-11/h2-5,9,12H,6-8,16H2,1H3. The predicted molar refractivity (Wildman–Crippen MR) is 78.3 cm³/mol. The van der Waals surface area contributed by atoms with Gasteiger partial charge in [0.1, 0.15) is 0 Å². The number of thiazole rings is 1. The van der Waals surface area contributed by atoms with E-state index in [1.807, 2.05) is 19.1 Å². The van der Waals surface area contributed by atoms with Crippen molar-refractivity contribution < 1.29 is 0 Å². The third-order valence-corrected chi connectivity index (χ3v) is 4.14. The first-order chi connectivity index (χ1) is 8.67. The van der Waals surface area contributed by atoms with Gasteiger partial charge in [0.05, 0.1) is 5.01 Å². The molecule has 96 valence electrons. The maximum Gasteiger partial charge on any atom is 0.0931 e. The van der Waals surface area contributed by atoms with Gasteiger partial charge in [-0.05, 0) is 43.5 Å². The monoisotopic (exact) mass is 280 g/mol. The van der Waals surface area contributed by atoms with E-state index < -0.39 is 0 Å². The Morgan fingerprint density at radius 3 is 2.56 bits per heavy atom. The summed E-state index contributed by atoms with van der Waals surface area (Å²) in [6, 6.07) is 7.99. The smallest absolute Gasteiger partial charge is 0.0931 e. The Morgan fingerprint density at radius 1 is 1.28 bits per heavy atom. The average molecular weight is 281 g/mol. The quantitative estimate of drug-likeness (QED) is 0.911. The van der Waals surface area contributed by atoms with Gasteiger partial charge in [0.25, 0.3) is 0 Å². The molecule has 0 bridgehead atoms. The molecule has 0 spiro atoms. The van der Waals surface area contributed by atoms with Crippen LogP contribution in [0.2, 0.25) is 5.02 Å². The Hall–Kier alpha value is -0.900. The number of benzene rings is 1. The molecule has 0 amide bonds. The van der Waals surface area contributed by atoms with E-state index in [1.54, 1.807) is 11.3 Å². The summed E-state index contributed by atoms with van der Waals surface area (Å²) in [7, 11) is 0. The second kappa shape index (κ2) is 6.32. The molecule has 1 heterocycles. The van der Waals surface area contributed by atoms with Crippen molar-refractivity contribution in [3.63, 3.8) is 0 Å². The van der Waals surface area contributed by atoms with Crippen molar-refractivity contribution >= 4 is 22.9 Å². The van der Waals surface area contributed by atoms with Crippen molar-refractivity contribution in [2.24, 2.45) is 11.7 Å². The molecule has 1 atom stereocenters. The molecule has 0 aliphatic carbocycles. The van der Waals surface area contributed by atoms with Crippen LogP contribution in [0.15, 0.2) is 29.6 Å². The highest BCUT2D eigenvalue weighted by atomic mass is 35.5. The molecule has 1 aromatic heterocycles. The lowest BCUT2D eigenvalue weighted by atomic mass is 9.96. The summed E-state index contributed by atoms with van der Waals surface area (Å²) in [5.74, 6) is 0.441. The van der Waals surface area contributed by atoms with Crippen LogP contribution in [0.1, 0.15) is 16.3 Å². The second-order valence-corrected chi connectivity index (χ2v) is 5.90. The van der Waals surface area contributed by atoms with Gasteiger partial charge in [0.15, 0.2) is 0 Å². The first-order valence-electron chi connectivity index (χ1n) is 6.03. The molecule has 0 aliphatic rings. The van der Waals surface area contributed by atoms with Crippen LogP contribution in [0.3, 0.4) is 0 Å². The van der Waals surface area contributed by atoms with E-state index in [0.29, 0.717) is 12.5 Å². The SMILES string of the molecule is Cc1csc(CC(CN)Cc2ccc(Cl)cc2)n1. The summed E-state index contributed by atoms with van der Waals surface area (Å²) < 4.78 is 0. The van der Waals surface area contributed by atoms with Crippen LogP contribution in [-0.4, -0.2) is 11.5 Å². The lowest BCUT2D eigenvalue weighted by molar-refractivity contribution is 0.532. The molecule has 2 rings (SSSR count). The minimum Gasteiger partial charge on any atom is -0.330 e. The minimum atomic E-state index is 0.441. The molecule has 18 heavy (non-hydrogen) atoms. The number of nitrogens with zero attached hydrogens (tertiary/aromatic N) is 1. The van der Waals surface area contributed by atoms with Crippen molar-refractivity contribution in [3.05, 3.63) is 50.9 Å². The van der Waals surface area contributed by atoms with Crippen molar-refractivity contribution in [1.29, 1.82) is 0 Å². The lowest BCUT2D eigenvalue weighted by Crippen LogP contribution is -2.19. The molecule has 2 aromatic rings. The van der Waals surface area contributed by atoms with Gasteiger partial charge in [-0.15, -0.1) is 11.3 Å². The largest absolute Gasteiger partial charge is 0.330 e. The molecule has 1 unspecified atom stereocenters. The fraction of sp³-hybridized carbons (Fsp3) is 0.357.